The predicted molar refractivity (Wildman–Crippen MR) is 71.1 cm³/mol. The minimum absolute atomic E-state index is 0.139. The third-order valence-corrected chi connectivity index (χ3v) is 3.17. The van der Waals surface area contributed by atoms with Gasteiger partial charge in [-0.05, 0) is 49.3 Å². The highest BCUT2D eigenvalue weighted by Gasteiger charge is 2.23. The third kappa shape index (κ3) is 4.04. The van der Waals surface area contributed by atoms with Crippen molar-refractivity contribution in [3.8, 4) is 5.75 Å². The first-order valence-corrected chi connectivity index (χ1v) is 6.67. The lowest BCUT2D eigenvalue weighted by Gasteiger charge is -2.14. The molecule has 2 nitrogen and oxygen atoms in total. The zero-order valence-electron chi connectivity index (χ0n) is 10.9. The summed E-state index contributed by atoms with van der Waals surface area (Å²) in [5.41, 5.74) is 7.40. The van der Waals surface area contributed by atoms with Gasteiger partial charge in [0.25, 0.3) is 0 Å². The van der Waals surface area contributed by atoms with Crippen molar-refractivity contribution in [2.24, 2.45) is 11.7 Å². The van der Waals surface area contributed by atoms with Gasteiger partial charge in [-0.15, -0.1) is 0 Å². The summed E-state index contributed by atoms with van der Waals surface area (Å²) in [5.74, 6) is 1.69. The van der Waals surface area contributed by atoms with Gasteiger partial charge >= 0.3 is 0 Å². The first-order valence-electron chi connectivity index (χ1n) is 6.67. The van der Waals surface area contributed by atoms with Crippen molar-refractivity contribution in [2.45, 2.75) is 51.7 Å². The second-order valence-electron chi connectivity index (χ2n) is 5.47. The van der Waals surface area contributed by atoms with Gasteiger partial charge in [-0.1, -0.05) is 26.0 Å². The Bertz CT molecular complexity index is 358. The van der Waals surface area contributed by atoms with Gasteiger partial charge in [0, 0.05) is 6.04 Å². The standard InChI is InChI=1S/C15H23NO/c1-11(2)6-9-15(16)12-4-3-5-14(10-12)17-13-7-8-13/h3-5,10-11,13,15H,6-9,16H2,1-2H3. The fourth-order valence-corrected chi connectivity index (χ4v) is 1.88. The number of hydrogen-bond acceptors (Lipinski definition) is 2. The van der Waals surface area contributed by atoms with E-state index in [1.165, 1.54) is 24.8 Å². The molecule has 0 amide bonds. The minimum Gasteiger partial charge on any atom is -0.490 e. The molecule has 17 heavy (non-hydrogen) atoms. The maximum Gasteiger partial charge on any atom is 0.120 e. The summed E-state index contributed by atoms with van der Waals surface area (Å²) < 4.78 is 5.79. The molecule has 0 heterocycles. The van der Waals surface area contributed by atoms with Crippen LogP contribution in [0.1, 0.15) is 51.1 Å². The van der Waals surface area contributed by atoms with Crippen molar-refractivity contribution in [3.63, 3.8) is 0 Å². The van der Waals surface area contributed by atoms with Crippen molar-refractivity contribution in [1.29, 1.82) is 0 Å². The van der Waals surface area contributed by atoms with Gasteiger partial charge in [-0.3, -0.25) is 0 Å². The topological polar surface area (TPSA) is 35.2 Å². The Morgan fingerprint density at radius 3 is 2.71 bits per heavy atom. The Hall–Kier alpha value is -1.02. The van der Waals surface area contributed by atoms with E-state index >= 15 is 0 Å². The van der Waals surface area contributed by atoms with Gasteiger partial charge in [0.15, 0.2) is 0 Å². The fourth-order valence-electron chi connectivity index (χ4n) is 1.88. The van der Waals surface area contributed by atoms with E-state index in [1.54, 1.807) is 0 Å². The molecule has 2 heteroatoms. The normalized spacial score (nSPS) is 17.2. The van der Waals surface area contributed by atoms with E-state index < -0.39 is 0 Å². The molecule has 0 radical (unpaired) electrons. The van der Waals surface area contributed by atoms with Crippen LogP contribution in [0.5, 0.6) is 5.75 Å². The number of rotatable bonds is 6. The summed E-state index contributed by atoms with van der Waals surface area (Å²) in [7, 11) is 0. The molecule has 94 valence electrons. The molecule has 1 aliphatic carbocycles. The molecule has 1 atom stereocenters. The highest BCUT2D eigenvalue weighted by atomic mass is 16.5. The Balaban J connectivity index is 1.93. The maximum atomic E-state index is 6.20. The first-order chi connectivity index (χ1) is 8.15. The lowest BCUT2D eigenvalue weighted by molar-refractivity contribution is 0.302. The number of ether oxygens (including phenoxy) is 1. The second kappa shape index (κ2) is 5.54. The minimum atomic E-state index is 0.139. The molecular weight excluding hydrogens is 210 g/mol. The zero-order chi connectivity index (χ0) is 12.3. The Kier molecular flexibility index (Phi) is 4.06. The molecule has 1 aliphatic rings. The molecule has 1 unspecified atom stereocenters. The van der Waals surface area contributed by atoms with E-state index in [0.29, 0.717) is 12.0 Å². The SMILES string of the molecule is CC(C)CCC(N)c1cccc(OC2CC2)c1. The van der Waals surface area contributed by atoms with Gasteiger partial charge in [0.1, 0.15) is 5.75 Å². The average Bonchev–Trinajstić information content (AvgIpc) is 3.10. The van der Waals surface area contributed by atoms with E-state index in [1.807, 2.05) is 12.1 Å². The smallest absolute Gasteiger partial charge is 0.120 e. The van der Waals surface area contributed by atoms with Gasteiger partial charge < -0.3 is 10.5 Å². The molecule has 1 fully saturated rings. The summed E-state index contributed by atoms with van der Waals surface area (Å²) >= 11 is 0. The van der Waals surface area contributed by atoms with Crippen LogP contribution >= 0.6 is 0 Å². The van der Waals surface area contributed by atoms with E-state index in [-0.39, 0.29) is 6.04 Å². The van der Waals surface area contributed by atoms with Gasteiger partial charge in [-0.25, -0.2) is 0 Å². The molecule has 2 rings (SSSR count). The zero-order valence-corrected chi connectivity index (χ0v) is 10.9. The molecule has 1 aromatic rings. The number of benzene rings is 1. The number of nitrogens with two attached hydrogens (primary N) is 1. The summed E-state index contributed by atoms with van der Waals surface area (Å²) in [5, 5.41) is 0. The van der Waals surface area contributed by atoms with E-state index in [9.17, 15) is 0 Å². The van der Waals surface area contributed by atoms with Crippen LogP contribution in [0, 0.1) is 5.92 Å². The fraction of sp³-hybridized carbons (Fsp3) is 0.600. The van der Waals surface area contributed by atoms with Crippen LogP contribution < -0.4 is 10.5 Å². The molecule has 0 aromatic heterocycles. The highest BCUT2D eigenvalue weighted by Crippen LogP contribution is 2.28. The van der Waals surface area contributed by atoms with Gasteiger partial charge in [-0.2, -0.15) is 0 Å². The molecule has 0 aliphatic heterocycles. The van der Waals surface area contributed by atoms with E-state index in [4.69, 9.17) is 10.5 Å². The quantitative estimate of drug-likeness (QED) is 0.813. The van der Waals surface area contributed by atoms with Crippen molar-refractivity contribution < 1.29 is 4.74 Å². The largest absolute Gasteiger partial charge is 0.490 e. The molecule has 1 saturated carbocycles. The van der Waals surface area contributed by atoms with Crippen molar-refractivity contribution in [2.75, 3.05) is 0 Å². The Morgan fingerprint density at radius 1 is 1.29 bits per heavy atom. The van der Waals surface area contributed by atoms with Crippen LogP contribution in [0.15, 0.2) is 24.3 Å². The monoisotopic (exact) mass is 233 g/mol. The third-order valence-electron chi connectivity index (χ3n) is 3.17. The van der Waals surface area contributed by atoms with Gasteiger partial charge in [0.05, 0.1) is 6.10 Å². The van der Waals surface area contributed by atoms with Crippen molar-refractivity contribution in [1.82, 2.24) is 0 Å². The lowest BCUT2D eigenvalue weighted by atomic mass is 9.98. The molecule has 1 aromatic carbocycles. The second-order valence-corrected chi connectivity index (χ2v) is 5.47. The van der Waals surface area contributed by atoms with Crippen molar-refractivity contribution >= 4 is 0 Å². The molecule has 0 bridgehead atoms. The van der Waals surface area contributed by atoms with Gasteiger partial charge in [0.2, 0.25) is 0 Å². The molecule has 0 saturated heterocycles. The molecule has 2 N–H and O–H groups in total. The van der Waals surface area contributed by atoms with Crippen LogP contribution in [-0.2, 0) is 0 Å². The summed E-state index contributed by atoms with van der Waals surface area (Å²) in [6.07, 6.45) is 5.07. The van der Waals surface area contributed by atoms with Crippen LogP contribution in [0.4, 0.5) is 0 Å². The molecular formula is C15H23NO. The summed E-state index contributed by atoms with van der Waals surface area (Å²) in [6, 6.07) is 8.41. The Morgan fingerprint density at radius 2 is 2.06 bits per heavy atom. The Labute approximate surface area is 104 Å². The van der Waals surface area contributed by atoms with Crippen LogP contribution in [0.2, 0.25) is 0 Å². The maximum absolute atomic E-state index is 6.20. The average molecular weight is 233 g/mol. The summed E-state index contributed by atoms with van der Waals surface area (Å²) in [6.45, 7) is 4.47. The van der Waals surface area contributed by atoms with Crippen molar-refractivity contribution in [3.05, 3.63) is 29.8 Å². The number of hydrogen-bond donors (Lipinski definition) is 1. The lowest BCUT2D eigenvalue weighted by Crippen LogP contribution is -2.11. The van der Waals surface area contributed by atoms with Crippen LogP contribution in [0.3, 0.4) is 0 Å². The summed E-state index contributed by atoms with van der Waals surface area (Å²) in [4.78, 5) is 0. The van der Waals surface area contributed by atoms with Crippen LogP contribution in [-0.4, -0.2) is 6.10 Å². The van der Waals surface area contributed by atoms with E-state index in [0.717, 1.165) is 12.2 Å². The molecule has 0 spiro atoms. The highest BCUT2D eigenvalue weighted by molar-refractivity contribution is 5.30. The predicted octanol–water partition coefficient (Wildman–Crippen LogP) is 3.66. The van der Waals surface area contributed by atoms with Crippen LogP contribution in [0.25, 0.3) is 0 Å². The van der Waals surface area contributed by atoms with E-state index in [2.05, 4.69) is 26.0 Å². The first kappa shape index (κ1) is 12.4.